The van der Waals surface area contributed by atoms with Crippen molar-refractivity contribution in [2.45, 2.75) is 25.3 Å². The Labute approximate surface area is 132 Å². The maximum absolute atomic E-state index is 12.5. The monoisotopic (exact) mass is 303 g/mol. The van der Waals surface area contributed by atoms with E-state index in [0.29, 0.717) is 5.91 Å². The molecule has 5 nitrogen and oxygen atoms in total. The summed E-state index contributed by atoms with van der Waals surface area (Å²) in [7, 11) is 1.68. The Morgan fingerprint density at radius 2 is 2.00 bits per heavy atom. The summed E-state index contributed by atoms with van der Waals surface area (Å²) in [6.07, 6.45) is 2.80. The van der Waals surface area contributed by atoms with Gasteiger partial charge in [0, 0.05) is 49.9 Å². The number of hydrogen-bond acceptors (Lipinski definition) is 4. The molecule has 2 N–H and O–H groups in total. The van der Waals surface area contributed by atoms with Crippen LogP contribution in [-0.4, -0.2) is 50.1 Å². The van der Waals surface area contributed by atoms with Gasteiger partial charge in [-0.25, -0.2) is 0 Å². The van der Waals surface area contributed by atoms with Gasteiger partial charge in [0.05, 0.1) is 7.11 Å². The van der Waals surface area contributed by atoms with Crippen molar-refractivity contribution in [2.24, 2.45) is 11.7 Å². The van der Waals surface area contributed by atoms with E-state index >= 15 is 0 Å². The van der Waals surface area contributed by atoms with Gasteiger partial charge in [0.15, 0.2) is 0 Å². The molecule has 1 amide bonds. The van der Waals surface area contributed by atoms with E-state index in [1.165, 1.54) is 0 Å². The number of methoxy groups -OCH3 is 1. The third kappa shape index (κ3) is 3.19. The Morgan fingerprint density at radius 1 is 1.23 bits per heavy atom. The highest BCUT2D eigenvalue weighted by Crippen LogP contribution is 2.27. The molecule has 2 fully saturated rings. The highest BCUT2D eigenvalue weighted by atomic mass is 16.5. The van der Waals surface area contributed by atoms with Crippen LogP contribution in [0, 0.1) is 5.92 Å². The number of carbonyl (C=O) groups excluding carboxylic acids is 1. The number of benzene rings is 1. The second-order valence-corrected chi connectivity index (χ2v) is 6.28. The average Bonchev–Trinajstić information content (AvgIpc) is 3.01. The van der Waals surface area contributed by atoms with E-state index in [0.717, 1.165) is 56.9 Å². The summed E-state index contributed by atoms with van der Waals surface area (Å²) in [5.74, 6) is 1.33. The van der Waals surface area contributed by atoms with Crippen LogP contribution in [0.3, 0.4) is 0 Å². The average molecular weight is 303 g/mol. The first-order valence-corrected chi connectivity index (χ1v) is 8.10. The lowest BCUT2D eigenvalue weighted by Crippen LogP contribution is -2.50. The minimum absolute atomic E-state index is 0.151. The first-order chi connectivity index (χ1) is 10.7. The second kappa shape index (κ2) is 6.57. The zero-order chi connectivity index (χ0) is 15.5. The first kappa shape index (κ1) is 15.2. The van der Waals surface area contributed by atoms with Crippen molar-refractivity contribution in [3.8, 4) is 5.75 Å². The van der Waals surface area contributed by atoms with E-state index < -0.39 is 0 Å². The third-order valence-corrected chi connectivity index (χ3v) is 4.83. The molecule has 1 saturated heterocycles. The molecule has 1 aromatic carbocycles. The van der Waals surface area contributed by atoms with Crippen LogP contribution in [-0.2, 0) is 4.79 Å². The number of hydrogen-bond donors (Lipinski definition) is 1. The van der Waals surface area contributed by atoms with Crippen LogP contribution < -0.4 is 15.4 Å². The largest absolute Gasteiger partial charge is 0.497 e. The van der Waals surface area contributed by atoms with Crippen LogP contribution in [0.25, 0.3) is 0 Å². The number of nitrogens with two attached hydrogens (primary N) is 1. The van der Waals surface area contributed by atoms with Gasteiger partial charge in [-0.05, 0) is 31.4 Å². The Kier molecular flexibility index (Phi) is 4.52. The molecule has 22 heavy (non-hydrogen) atoms. The fraction of sp³-hybridized carbons (Fsp3) is 0.588. The Bertz CT molecular complexity index is 526. The fourth-order valence-electron chi connectivity index (χ4n) is 3.49. The number of carbonyl (C=O) groups is 1. The van der Waals surface area contributed by atoms with Crippen molar-refractivity contribution in [1.82, 2.24) is 4.90 Å². The molecule has 3 rings (SSSR count). The molecule has 0 bridgehead atoms. The van der Waals surface area contributed by atoms with Crippen molar-refractivity contribution in [3.05, 3.63) is 24.3 Å². The summed E-state index contributed by atoms with van der Waals surface area (Å²) >= 11 is 0. The van der Waals surface area contributed by atoms with Gasteiger partial charge in [0.25, 0.3) is 0 Å². The summed E-state index contributed by atoms with van der Waals surface area (Å²) in [5.41, 5.74) is 7.09. The molecule has 1 saturated carbocycles. The van der Waals surface area contributed by atoms with Gasteiger partial charge < -0.3 is 20.3 Å². The van der Waals surface area contributed by atoms with E-state index in [2.05, 4.69) is 11.0 Å². The van der Waals surface area contributed by atoms with Crippen molar-refractivity contribution >= 4 is 11.6 Å². The lowest BCUT2D eigenvalue weighted by atomic mass is 10.1. The van der Waals surface area contributed by atoms with Crippen LogP contribution in [0.2, 0.25) is 0 Å². The van der Waals surface area contributed by atoms with Crippen molar-refractivity contribution in [1.29, 1.82) is 0 Å². The molecule has 0 aromatic heterocycles. The highest BCUT2D eigenvalue weighted by molar-refractivity contribution is 5.79. The Balaban J connectivity index is 1.56. The summed E-state index contributed by atoms with van der Waals surface area (Å²) < 4.78 is 5.28. The lowest BCUT2D eigenvalue weighted by molar-refractivity contribution is -0.135. The number of amides is 1. The summed E-state index contributed by atoms with van der Waals surface area (Å²) in [6.45, 7) is 3.33. The van der Waals surface area contributed by atoms with Gasteiger partial charge in [0.2, 0.25) is 5.91 Å². The SMILES string of the molecule is COc1cccc(N2CCN(C(=O)C3CCC(N)C3)CC2)c1. The maximum atomic E-state index is 12.5. The molecule has 5 heteroatoms. The molecule has 1 aromatic rings. The number of rotatable bonds is 3. The van der Waals surface area contributed by atoms with Crippen LogP contribution in [0.15, 0.2) is 24.3 Å². The topological polar surface area (TPSA) is 58.8 Å². The van der Waals surface area contributed by atoms with Gasteiger partial charge in [-0.15, -0.1) is 0 Å². The third-order valence-electron chi connectivity index (χ3n) is 4.83. The maximum Gasteiger partial charge on any atom is 0.225 e. The highest BCUT2D eigenvalue weighted by Gasteiger charge is 2.32. The molecular weight excluding hydrogens is 278 g/mol. The normalized spacial score (nSPS) is 25.4. The Hall–Kier alpha value is -1.75. The minimum Gasteiger partial charge on any atom is -0.497 e. The molecular formula is C17H25N3O2. The first-order valence-electron chi connectivity index (χ1n) is 8.10. The van der Waals surface area contributed by atoms with Gasteiger partial charge in [-0.3, -0.25) is 4.79 Å². The number of ether oxygens (including phenoxy) is 1. The van der Waals surface area contributed by atoms with Gasteiger partial charge in [0.1, 0.15) is 5.75 Å². The molecule has 0 radical (unpaired) electrons. The zero-order valence-corrected chi connectivity index (χ0v) is 13.2. The number of piperazine rings is 1. The van der Waals surface area contributed by atoms with E-state index in [-0.39, 0.29) is 12.0 Å². The molecule has 1 heterocycles. The van der Waals surface area contributed by atoms with Crippen molar-refractivity contribution in [3.63, 3.8) is 0 Å². The standard InChI is InChI=1S/C17H25N3O2/c1-22-16-4-2-3-15(12-16)19-7-9-20(10-8-19)17(21)13-5-6-14(18)11-13/h2-4,12-14H,5-11,18H2,1H3. The predicted octanol–water partition coefficient (Wildman–Crippen LogP) is 1.47. The fourth-order valence-corrected chi connectivity index (χ4v) is 3.49. The molecule has 2 unspecified atom stereocenters. The lowest BCUT2D eigenvalue weighted by Gasteiger charge is -2.37. The quantitative estimate of drug-likeness (QED) is 0.919. The number of anilines is 1. The van der Waals surface area contributed by atoms with Crippen LogP contribution in [0.4, 0.5) is 5.69 Å². The zero-order valence-electron chi connectivity index (χ0n) is 13.2. The van der Waals surface area contributed by atoms with Crippen LogP contribution in [0.1, 0.15) is 19.3 Å². The van der Waals surface area contributed by atoms with Crippen molar-refractivity contribution in [2.75, 3.05) is 38.2 Å². The minimum atomic E-state index is 0.151. The molecule has 120 valence electrons. The van der Waals surface area contributed by atoms with E-state index in [1.54, 1.807) is 7.11 Å². The van der Waals surface area contributed by atoms with Gasteiger partial charge in [-0.2, -0.15) is 0 Å². The summed E-state index contributed by atoms with van der Waals surface area (Å²) in [5, 5.41) is 0. The summed E-state index contributed by atoms with van der Waals surface area (Å²) in [4.78, 5) is 16.8. The molecule has 0 spiro atoms. The smallest absolute Gasteiger partial charge is 0.225 e. The summed E-state index contributed by atoms with van der Waals surface area (Å²) in [6, 6.07) is 8.31. The van der Waals surface area contributed by atoms with Gasteiger partial charge in [-0.1, -0.05) is 6.07 Å². The Morgan fingerprint density at radius 3 is 2.64 bits per heavy atom. The van der Waals surface area contributed by atoms with E-state index in [1.807, 2.05) is 23.1 Å². The molecule has 2 atom stereocenters. The molecule has 1 aliphatic carbocycles. The van der Waals surface area contributed by atoms with Crippen molar-refractivity contribution < 1.29 is 9.53 Å². The van der Waals surface area contributed by atoms with Crippen LogP contribution >= 0.6 is 0 Å². The number of nitrogens with zero attached hydrogens (tertiary/aromatic N) is 2. The molecule has 1 aliphatic heterocycles. The molecule has 2 aliphatic rings. The van der Waals surface area contributed by atoms with E-state index in [4.69, 9.17) is 10.5 Å². The van der Waals surface area contributed by atoms with Gasteiger partial charge >= 0.3 is 0 Å². The second-order valence-electron chi connectivity index (χ2n) is 6.28. The van der Waals surface area contributed by atoms with E-state index in [9.17, 15) is 4.79 Å². The van der Waals surface area contributed by atoms with Crippen LogP contribution in [0.5, 0.6) is 5.75 Å². The predicted molar refractivity (Wildman–Crippen MR) is 87.1 cm³/mol.